The van der Waals surface area contributed by atoms with E-state index in [0.29, 0.717) is 37.5 Å². The predicted octanol–water partition coefficient (Wildman–Crippen LogP) is 4.05. The van der Waals surface area contributed by atoms with E-state index in [9.17, 15) is 4.79 Å². The summed E-state index contributed by atoms with van der Waals surface area (Å²) in [4.78, 5) is 30.7. The highest BCUT2D eigenvalue weighted by Crippen LogP contribution is 2.29. The molecule has 9 nitrogen and oxygen atoms in total. The minimum Gasteiger partial charge on any atom is -0.355 e. The van der Waals surface area contributed by atoms with Crippen molar-refractivity contribution in [3.63, 3.8) is 0 Å². The zero-order valence-corrected chi connectivity index (χ0v) is 20.1. The Balaban J connectivity index is 1.18. The predicted molar refractivity (Wildman–Crippen MR) is 136 cm³/mol. The number of amides is 1. The molecule has 6 rings (SSSR count). The van der Waals surface area contributed by atoms with Crippen molar-refractivity contribution >= 4 is 22.6 Å². The number of aryl methyl sites for hydroxylation is 1. The molecular weight excluding hydrogens is 454 g/mol. The largest absolute Gasteiger partial charge is 0.355 e. The Kier molecular flexibility index (Phi) is 5.44. The van der Waals surface area contributed by atoms with Crippen LogP contribution in [-0.2, 0) is 0 Å². The Morgan fingerprint density at radius 3 is 2.42 bits per heavy atom. The van der Waals surface area contributed by atoms with Gasteiger partial charge in [-0.3, -0.25) is 9.36 Å². The number of nitrogens with zero attached hydrogens (tertiary/aromatic N) is 7. The molecule has 0 saturated carbocycles. The van der Waals surface area contributed by atoms with Gasteiger partial charge in [0.05, 0.1) is 11.1 Å². The Morgan fingerprint density at radius 2 is 1.67 bits per heavy atom. The minimum atomic E-state index is 0.00431. The molecular formula is C27H25N7O2. The Hall–Kier alpha value is -4.53. The van der Waals surface area contributed by atoms with Gasteiger partial charge in [0.25, 0.3) is 5.91 Å². The molecule has 2 aromatic carbocycles. The first-order valence-electron chi connectivity index (χ1n) is 11.9. The number of fused-ring (bicyclic) bond motifs is 1. The fourth-order valence-corrected chi connectivity index (χ4v) is 4.56. The molecule has 1 fully saturated rings. The van der Waals surface area contributed by atoms with Crippen molar-refractivity contribution in [1.82, 2.24) is 29.6 Å². The summed E-state index contributed by atoms with van der Waals surface area (Å²) in [5.74, 6) is 2.31. The van der Waals surface area contributed by atoms with Gasteiger partial charge in [0.1, 0.15) is 29.8 Å². The van der Waals surface area contributed by atoms with E-state index < -0.39 is 0 Å². The number of rotatable bonds is 4. The van der Waals surface area contributed by atoms with Crippen LogP contribution in [0.25, 0.3) is 28.0 Å². The molecule has 5 aromatic rings. The monoisotopic (exact) mass is 479 g/mol. The molecule has 1 saturated heterocycles. The van der Waals surface area contributed by atoms with Gasteiger partial charge in [0.15, 0.2) is 5.76 Å². The third kappa shape index (κ3) is 3.88. The zero-order chi connectivity index (χ0) is 24.6. The zero-order valence-electron chi connectivity index (χ0n) is 20.1. The van der Waals surface area contributed by atoms with Crippen LogP contribution < -0.4 is 4.90 Å². The van der Waals surface area contributed by atoms with Crippen LogP contribution in [0.15, 0.2) is 71.8 Å². The summed E-state index contributed by atoms with van der Waals surface area (Å²) in [7, 11) is 0. The molecule has 0 unspecified atom stereocenters. The molecule has 9 heteroatoms. The number of hydrogen-bond donors (Lipinski definition) is 0. The van der Waals surface area contributed by atoms with Gasteiger partial charge in [-0.05, 0) is 32.0 Å². The Bertz CT molecular complexity index is 1550. The van der Waals surface area contributed by atoms with Crippen molar-refractivity contribution in [3.05, 3.63) is 84.2 Å². The topological polar surface area (TPSA) is 93.2 Å². The average molecular weight is 480 g/mol. The molecule has 1 aliphatic heterocycles. The fourth-order valence-electron chi connectivity index (χ4n) is 4.56. The summed E-state index contributed by atoms with van der Waals surface area (Å²) < 4.78 is 7.56. The van der Waals surface area contributed by atoms with Gasteiger partial charge in [0, 0.05) is 49.1 Å². The molecule has 0 bridgehead atoms. The van der Waals surface area contributed by atoms with E-state index in [1.807, 2.05) is 77.9 Å². The van der Waals surface area contributed by atoms with Crippen LogP contribution in [0.3, 0.4) is 0 Å². The number of aromatic nitrogens is 5. The number of imidazole rings is 1. The maximum Gasteiger partial charge on any atom is 0.254 e. The number of benzene rings is 2. The molecule has 0 atom stereocenters. The molecule has 0 aliphatic carbocycles. The summed E-state index contributed by atoms with van der Waals surface area (Å²) in [6.07, 6.45) is 3.36. The van der Waals surface area contributed by atoms with E-state index >= 15 is 0 Å². The Labute approximate surface area is 208 Å². The van der Waals surface area contributed by atoms with Crippen LogP contribution in [0.5, 0.6) is 0 Å². The molecule has 36 heavy (non-hydrogen) atoms. The van der Waals surface area contributed by atoms with Crippen molar-refractivity contribution < 1.29 is 9.32 Å². The van der Waals surface area contributed by atoms with Gasteiger partial charge in [-0.1, -0.05) is 35.5 Å². The first-order chi connectivity index (χ1) is 17.6. The molecule has 180 valence electrons. The van der Waals surface area contributed by atoms with E-state index in [1.165, 1.54) is 0 Å². The lowest BCUT2D eigenvalue weighted by Gasteiger charge is -2.35. The lowest BCUT2D eigenvalue weighted by Crippen LogP contribution is -2.49. The van der Waals surface area contributed by atoms with Crippen molar-refractivity contribution in [1.29, 1.82) is 0 Å². The molecule has 0 spiro atoms. The molecule has 0 radical (unpaired) electrons. The van der Waals surface area contributed by atoms with Crippen LogP contribution in [0.4, 0.5) is 5.82 Å². The maximum absolute atomic E-state index is 13.4. The number of hydrogen-bond acceptors (Lipinski definition) is 7. The quantitative estimate of drug-likeness (QED) is 0.384. The molecule has 3 aromatic heterocycles. The highest BCUT2D eigenvalue weighted by Gasteiger charge is 2.24. The number of carbonyl (C=O) groups excluding carboxylic acids is 1. The van der Waals surface area contributed by atoms with E-state index in [2.05, 4.69) is 25.0 Å². The van der Waals surface area contributed by atoms with Gasteiger partial charge >= 0.3 is 0 Å². The molecule has 4 heterocycles. The standard InChI is InChI=1S/C27H25N7O2/c1-18-19(2)34(17-30-18)25-15-24(28-16-29-25)32-10-12-33(13-11-32)27(35)21-8-9-23-22(14-21)26(36-31-23)20-6-4-3-5-7-20/h3-9,14-17H,10-13H2,1-2H3. The maximum atomic E-state index is 13.4. The smallest absolute Gasteiger partial charge is 0.254 e. The van der Waals surface area contributed by atoms with Gasteiger partial charge in [-0.2, -0.15) is 0 Å². The lowest BCUT2D eigenvalue weighted by molar-refractivity contribution is 0.0746. The van der Waals surface area contributed by atoms with Crippen LogP contribution in [0.2, 0.25) is 0 Å². The van der Waals surface area contributed by atoms with E-state index in [-0.39, 0.29) is 5.91 Å². The second-order valence-corrected chi connectivity index (χ2v) is 8.91. The Morgan fingerprint density at radius 1 is 0.889 bits per heavy atom. The van der Waals surface area contributed by atoms with Crippen LogP contribution in [0, 0.1) is 13.8 Å². The average Bonchev–Trinajstić information content (AvgIpc) is 3.51. The summed E-state index contributed by atoms with van der Waals surface area (Å²) in [6, 6.07) is 17.3. The van der Waals surface area contributed by atoms with Crippen molar-refractivity contribution in [3.8, 4) is 17.1 Å². The SMILES string of the molecule is Cc1ncn(-c2cc(N3CCN(C(=O)c4ccc5noc(-c6ccccc6)c5c4)CC3)ncn2)c1C. The first-order valence-corrected chi connectivity index (χ1v) is 11.9. The summed E-state index contributed by atoms with van der Waals surface area (Å²) in [6.45, 7) is 6.59. The second kappa shape index (κ2) is 8.92. The van der Waals surface area contributed by atoms with Crippen LogP contribution in [0.1, 0.15) is 21.7 Å². The number of piperazine rings is 1. The van der Waals surface area contributed by atoms with Gasteiger partial charge in [-0.15, -0.1) is 0 Å². The summed E-state index contributed by atoms with van der Waals surface area (Å²) in [5, 5.41) is 5.00. The van der Waals surface area contributed by atoms with Crippen molar-refractivity contribution in [2.45, 2.75) is 13.8 Å². The van der Waals surface area contributed by atoms with Crippen LogP contribution >= 0.6 is 0 Å². The normalized spacial score (nSPS) is 13.9. The van der Waals surface area contributed by atoms with Crippen molar-refractivity contribution in [2.75, 3.05) is 31.1 Å². The van der Waals surface area contributed by atoms with Crippen LogP contribution in [-0.4, -0.2) is 61.7 Å². The lowest BCUT2D eigenvalue weighted by atomic mass is 10.1. The minimum absolute atomic E-state index is 0.00431. The van der Waals surface area contributed by atoms with Gasteiger partial charge in [-0.25, -0.2) is 15.0 Å². The first kappa shape index (κ1) is 22.0. The number of anilines is 1. The van der Waals surface area contributed by atoms with Crippen molar-refractivity contribution in [2.24, 2.45) is 0 Å². The van der Waals surface area contributed by atoms with Gasteiger partial charge in [0.2, 0.25) is 0 Å². The van der Waals surface area contributed by atoms with E-state index in [4.69, 9.17) is 4.52 Å². The second-order valence-electron chi connectivity index (χ2n) is 8.91. The highest BCUT2D eigenvalue weighted by atomic mass is 16.5. The third-order valence-electron chi connectivity index (χ3n) is 6.79. The van der Waals surface area contributed by atoms with E-state index in [0.717, 1.165) is 39.5 Å². The number of carbonyl (C=O) groups is 1. The summed E-state index contributed by atoms with van der Waals surface area (Å²) in [5.41, 5.74) is 4.33. The molecule has 0 N–H and O–H groups in total. The molecule has 1 amide bonds. The highest BCUT2D eigenvalue weighted by molar-refractivity contribution is 6.01. The summed E-state index contributed by atoms with van der Waals surface area (Å²) >= 11 is 0. The molecule has 1 aliphatic rings. The van der Waals surface area contributed by atoms with E-state index in [1.54, 1.807) is 12.7 Å². The third-order valence-corrected chi connectivity index (χ3v) is 6.79. The fraction of sp³-hybridized carbons (Fsp3) is 0.222. The van der Waals surface area contributed by atoms with Gasteiger partial charge < -0.3 is 14.3 Å².